The SMILES string of the molecule is OCC1C[C@@H](F)[C@@H](F)C1. The molecule has 0 saturated heterocycles. The molecule has 1 unspecified atom stereocenters. The van der Waals surface area contributed by atoms with E-state index in [1.807, 2.05) is 0 Å². The van der Waals surface area contributed by atoms with E-state index in [0.29, 0.717) is 0 Å². The Bertz CT molecular complexity index is 87.1. The molecular weight excluding hydrogens is 126 g/mol. The Morgan fingerprint density at radius 1 is 1.22 bits per heavy atom. The Morgan fingerprint density at radius 3 is 1.89 bits per heavy atom. The molecule has 1 fully saturated rings. The number of aliphatic hydroxyl groups excluding tert-OH is 1. The molecule has 9 heavy (non-hydrogen) atoms. The quantitative estimate of drug-likeness (QED) is 0.571. The van der Waals surface area contributed by atoms with Crippen LogP contribution in [0.25, 0.3) is 0 Å². The molecule has 3 heteroatoms. The fourth-order valence-electron chi connectivity index (χ4n) is 1.18. The second-order valence-electron chi connectivity index (χ2n) is 2.55. The van der Waals surface area contributed by atoms with Crippen molar-refractivity contribution in [2.75, 3.05) is 6.61 Å². The topological polar surface area (TPSA) is 20.2 Å². The molecule has 1 aliphatic carbocycles. The average molecular weight is 136 g/mol. The standard InChI is InChI=1S/C6H10F2O/c7-5-1-4(3-9)2-6(5)8/h4-6,9H,1-3H2/t4?,5-,6+. The minimum absolute atomic E-state index is 0.0825. The van der Waals surface area contributed by atoms with Gasteiger partial charge in [0.05, 0.1) is 0 Å². The number of halogens is 2. The zero-order valence-electron chi connectivity index (χ0n) is 5.06. The molecule has 54 valence electrons. The van der Waals surface area contributed by atoms with Gasteiger partial charge in [0, 0.05) is 6.61 Å². The first-order chi connectivity index (χ1) is 4.24. The van der Waals surface area contributed by atoms with Gasteiger partial charge >= 0.3 is 0 Å². The highest BCUT2D eigenvalue weighted by atomic mass is 19.2. The molecule has 0 aliphatic heterocycles. The third-order valence-corrected chi connectivity index (χ3v) is 1.77. The van der Waals surface area contributed by atoms with Gasteiger partial charge in [-0.05, 0) is 18.8 Å². The van der Waals surface area contributed by atoms with Gasteiger partial charge < -0.3 is 5.11 Å². The lowest BCUT2D eigenvalue weighted by molar-refractivity contribution is 0.199. The van der Waals surface area contributed by atoms with Gasteiger partial charge in [0.25, 0.3) is 0 Å². The molecule has 0 heterocycles. The second-order valence-corrected chi connectivity index (χ2v) is 2.55. The first kappa shape index (κ1) is 6.93. The van der Waals surface area contributed by atoms with Gasteiger partial charge in [0.1, 0.15) is 12.3 Å². The minimum Gasteiger partial charge on any atom is -0.396 e. The van der Waals surface area contributed by atoms with Crippen molar-refractivity contribution in [2.45, 2.75) is 25.2 Å². The predicted molar refractivity (Wildman–Crippen MR) is 29.6 cm³/mol. The second kappa shape index (κ2) is 2.60. The maximum Gasteiger partial charge on any atom is 0.132 e. The number of hydrogen-bond acceptors (Lipinski definition) is 1. The summed E-state index contributed by atoms with van der Waals surface area (Å²) in [4.78, 5) is 0. The van der Waals surface area contributed by atoms with Crippen molar-refractivity contribution in [1.82, 2.24) is 0 Å². The number of rotatable bonds is 1. The third kappa shape index (κ3) is 1.39. The summed E-state index contributed by atoms with van der Waals surface area (Å²) in [6, 6.07) is 0. The first-order valence-corrected chi connectivity index (χ1v) is 3.13. The Labute approximate surface area is 52.7 Å². The Balaban J connectivity index is 2.35. The van der Waals surface area contributed by atoms with Gasteiger partial charge in [-0.3, -0.25) is 0 Å². The molecule has 1 N–H and O–H groups in total. The van der Waals surface area contributed by atoms with Crippen LogP contribution in [0.3, 0.4) is 0 Å². The molecule has 1 aliphatic rings. The van der Waals surface area contributed by atoms with Gasteiger partial charge in [0.15, 0.2) is 0 Å². The van der Waals surface area contributed by atoms with Gasteiger partial charge in [-0.2, -0.15) is 0 Å². The maximum absolute atomic E-state index is 12.3. The van der Waals surface area contributed by atoms with Crippen LogP contribution in [0.4, 0.5) is 8.78 Å². The normalized spacial score (nSPS) is 43.7. The Hall–Kier alpha value is -0.180. The van der Waals surface area contributed by atoms with E-state index in [4.69, 9.17) is 5.11 Å². The van der Waals surface area contributed by atoms with Gasteiger partial charge in [-0.25, -0.2) is 8.78 Å². The predicted octanol–water partition coefficient (Wildman–Crippen LogP) is 1.06. The molecule has 0 radical (unpaired) electrons. The molecule has 0 spiro atoms. The van der Waals surface area contributed by atoms with E-state index in [-0.39, 0.29) is 25.4 Å². The van der Waals surface area contributed by atoms with Crippen LogP contribution in [0.15, 0.2) is 0 Å². The fraction of sp³-hybridized carbons (Fsp3) is 1.00. The van der Waals surface area contributed by atoms with Crippen LogP contribution in [0.2, 0.25) is 0 Å². The summed E-state index contributed by atoms with van der Waals surface area (Å²) in [5.41, 5.74) is 0. The molecular formula is C6H10F2O. The number of hydrogen-bond donors (Lipinski definition) is 1. The molecule has 0 aromatic rings. The van der Waals surface area contributed by atoms with Crippen molar-refractivity contribution in [3.63, 3.8) is 0 Å². The largest absolute Gasteiger partial charge is 0.396 e. The van der Waals surface area contributed by atoms with E-state index in [2.05, 4.69) is 0 Å². The summed E-state index contributed by atoms with van der Waals surface area (Å²) >= 11 is 0. The average Bonchev–Trinajstić information content (AvgIpc) is 2.13. The van der Waals surface area contributed by atoms with Crippen LogP contribution in [-0.2, 0) is 0 Å². The molecule has 0 aromatic heterocycles. The molecule has 0 bridgehead atoms. The van der Waals surface area contributed by atoms with E-state index in [1.54, 1.807) is 0 Å². The van der Waals surface area contributed by atoms with Crippen LogP contribution in [0.1, 0.15) is 12.8 Å². The van der Waals surface area contributed by atoms with Crippen molar-refractivity contribution >= 4 is 0 Å². The molecule has 0 amide bonds. The van der Waals surface area contributed by atoms with Crippen LogP contribution >= 0.6 is 0 Å². The summed E-state index contributed by atoms with van der Waals surface area (Å²) in [6.45, 7) is -0.0825. The molecule has 3 atom stereocenters. The van der Waals surface area contributed by atoms with Crippen molar-refractivity contribution < 1.29 is 13.9 Å². The summed E-state index contributed by atoms with van der Waals surface area (Å²) in [5.74, 6) is -0.144. The minimum atomic E-state index is -1.33. The van der Waals surface area contributed by atoms with Gasteiger partial charge in [-0.1, -0.05) is 0 Å². The molecule has 1 saturated carbocycles. The van der Waals surface area contributed by atoms with Crippen LogP contribution in [0, 0.1) is 5.92 Å². The van der Waals surface area contributed by atoms with Crippen LogP contribution < -0.4 is 0 Å². The summed E-state index contributed by atoms with van der Waals surface area (Å²) < 4.78 is 24.5. The molecule has 1 rings (SSSR count). The highest BCUT2D eigenvalue weighted by molar-refractivity contribution is 4.82. The Kier molecular flexibility index (Phi) is 2.01. The number of aliphatic hydroxyl groups is 1. The summed E-state index contributed by atoms with van der Waals surface area (Å²) in [7, 11) is 0. The summed E-state index contributed by atoms with van der Waals surface area (Å²) in [6.07, 6.45) is -2.28. The molecule has 1 nitrogen and oxygen atoms in total. The zero-order chi connectivity index (χ0) is 6.85. The van der Waals surface area contributed by atoms with Gasteiger partial charge in [0.2, 0.25) is 0 Å². The van der Waals surface area contributed by atoms with Crippen LogP contribution in [0.5, 0.6) is 0 Å². The highest BCUT2D eigenvalue weighted by Crippen LogP contribution is 2.29. The monoisotopic (exact) mass is 136 g/mol. The van der Waals surface area contributed by atoms with E-state index in [1.165, 1.54) is 0 Å². The number of alkyl halides is 2. The van der Waals surface area contributed by atoms with E-state index >= 15 is 0 Å². The third-order valence-electron chi connectivity index (χ3n) is 1.77. The van der Waals surface area contributed by atoms with Crippen molar-refractivity contribution in [3.8, 4) is 0 Å². The Morgan fingerprint density at radius 2 is 1.67 bits per heavy atom. The molecule has 0 aromatic carbocycles. The lowest BCUT2D eigenvalue weighted by atomic mass is 10.1. The first-order valence-electron chi connectivity index (χ1n) is 3.13. The zero-order valence-corrected chi connectivity index (χ0v) is 5.06. The van der Waals surface area contributed by atoms with Gasteiger partial charge in [-0.15, -0.1) is 0 Å². The maximum atomic E-state index is 12.3. The van der Waals surface area contributed by atoms with Crippen molar-refractivity contribution in [1.29, 1.82) is 0 Å². The smallest absolute Gasteiger partial charge is 0.132 e. The van der Waals surface area contributed by atoms with Crippen molar-refractivity contribution in [3.05, 3.63) is 0 Å². The highest BCUT2D eigenvalue weighted by Gasteiger charge is 2.33. The lowest BCUT2D eigenvalue weighted by Crippen LogP contribution is -2.06. The fourth-order valence-corrected chi connectivity index (χ4v) is 1.18. The van der Waals surface area contributed by atoms with Crippen molar-refractivity contribution in [2.24, 2.45) is 5.92 Å². The van der Waals surface area contributed by atoms with E-state index in [9.17, 15) is 8.78 Å². The lowest BCUT2D eigenvalue weighted by Gasteiger charge is -1.99. The van der Waals surface area contributed by atoms with E-state index < -0.39 is 12.3 Å². The van der Waals surface area contributed by atoms with Crippen LogP contribution in [-0.4, -0.2) is 24.1 Å². The van der Waals surface area contributed by atoms with E-state index in [0.717, 1.165) is 0 Å². The summed E-state index contributed by atoms with van der Waals surface area (Å²) in [5, 5.41) is 8.47.